The van der Waals surface area contributed by atoms with Gasteiger partial charge in [-0.1, -0.05) is 12.1 Å². The van der Waals surface area contributed by atoms with Crippen LogP contribution in [0.1, 0.15) is 13.3 Å². The molecule has 0 heterocycles. The van der Waals surface area contributed by atoms with E-state index in [-0.39, 0.29) is 18.5 Å². The van der Waals surface area contributed by atoms with Gasteiger partial charge in [0.25, 0.3) is 0 Å². The molecule has 0 saturated heterocycles. The Bertz CT molecular complexity index is 465. The predicted octanol–water partition coefficient (Wildman–Crippen LogP) is 1.38. The number of methoxy groups -OCH3 is 1. The quantitative estimate of drug-likeness (QED) is 0.761. The van der Waals surface area contributed by atoms with Gasteiger partial charge in [0.1, 0.15) is 5.75 Å². The van der Waals surface area contributed by atoms with Gasteiger partial charge in [0.15, 0.2) is 0 Å². The van der Waals surface area contributed by atoms with Gasteiger partial charge in [0.05, 0.1) is 19.3 Å². The molecular formula is C14H22N2O3S. The highest BCUT2D eigenvalue weighted by Crippen LogP contribution is 2.22. The van der Waals surface area contributed by atoms with E-state index in [0.29, 0.717) is 17.2 Å². The Morgan fingerprint density at radius 3 is 2.75 bits per heavy atom. The summed E-state index contributed by atoms with van der Waals surface area (Å²) in [6.45, 7) is 2.19. The summed E-state index contributed by atoms with van der Waals surface area (Å²) < 4.78 is 16.2. The number of nitrogens with one attached hydrogen (secondary N) is 2. The first kappa shape index (κ1) is 16.7. The first-order chi connectivity index (χ1) is 9.52. The van der Waals surface area contributed by atoms with Gasteiger partial charge in [-0.2, -0.15) is 0 Å². The van der Waals surface area contributed by atoms with E-state index in [1.165, 1.54) is 0 Å². The molecule has 0 bridgehead atoms. The minimum Gasteiger partial charge on any atom is -0.495 e. The Morgan fingerprint density at radius 2 is 2.10 bits per heavy atom. The molecule has 2 N–H and O–H groups in total. The van der Waals surface area contributed by atoms with E-state index >= 15 is 0 Å². The fraction of sp³-hybridized carbons (Fsp3) is 0.500. The van der Waals surface area contributed by atoms with E-state index in [0.717, 1.165) is 6.42 Å². The van der Waals surface area contributed by atoms with Gasteiger partial charge in [-0.3, -0.25) is 9.00 Å². The second kappa shape index (κ2) is 8.71. The average Bonchev–Trinajstić information content (AvgIpc) is 2.43. The Kier molecular flexibility index (Phi) is 7.25. The minimum atomic E-state index is -0.793. The highest BCUT2D eigenvalue weighted by atomic mass is 32.2. The number of amides is 1. The molecule has 0 aliphatic heterocycles. The molecular weight excluding hydrogens is 276 g/mol. The third kappa shape index (κ3) is 6.16. The van der Waals surface area contributed by atoms with Crippen LogP contribution in [-0.4, -0.2) is 41.8 Å². The molecule has 20 heavy (non-hydrogen) atoms. The molecule has 0 saturated carbocycles. The number of carbonyl (C=O) groups is 1. The topological polar surface area (TPSA) is 67.4 Å². The maximum Gasteiger partial charge on any atom is 0.238 e. The third-order valence-electron chi connectivity index (χ3n) is 2.83. The third-order valence-corrected chi connectivity index (χ3v) is 3.64. The second-order valence-electron chi connectivity index (χ2n) is 4.60. The average molecular weight is 298 g/mol. The highest BCUT2D eigenvalue weighted by Gasteiger charge is 2.09. The Balaban J connectivity index is 2.38. The van der Waals surface area contributed by atoms with Gasteiger partial charge >= 0.3 is 0 Å². The minimum absolute atomic E-state index is 0.126. The van der Waals surface area contributed by atoms with Crippen LogP contribution >= 0.6 is 0 Å². The summed E-state index contributed by atoms with van der Waals surface area (Å²) in [5.41, 5.74) is 0.657. The summed E-state index contributed by atoms with van der Waals surface area (Å²) in [6, 6.07) is 7.43. The molecule has 2 unspecified atom stereocenters. The number of benzene rings is 1. The van der Waals surface area contributed by atoms with Gasteiger partial charge in [-0.25, -0.2) is 0 Å². The van der Waals surface area contributed by atoms with Crippen molar-refractivity contribution in [1.29, 1.82) is 0 Å². The van der Waals surface area contributed by atoms with Gasteiger partial charge in [0.2, 0.25) is 5.91 Å². The summed E-state index contributed by atoms with van der Waals surface area (Å²) in [5, 5.41) is 5.90. The van der Waals surface area contributed by atoms with Crippen LogP contribution in [-0.2, 0) is 15.6 Å². The monoisotopic (exact) mass is 298 g/mol. The fourth-order valence-corrected chi connectivity index (χ4v) is 2.34. The van der Waals surface area contributed by atoms with E-state index in [9.17, 15) is 9.00 Å². The van der Waals surface area contributed by atoms with E-state index in [2.05, 4.69) is 10.6 Å². The van der Waals surface area contributed by atoms with Crippen molar-refractivity contribution in [3.63, 3.8) is 0 Å². The number of anilines is 1. The van der Waals surface area contributed by atoms with Crippen molar-refractivity contribution >= 4 is 22.4 Å². The summed E-state index contributed by atoms with van der Waals surface area (Å²) in [4.78, 5) is 11.8. The Labute approximate surface area is 122 Å². The summed E-state index contributed by atoms with van der Waals surface area (Å²) in [7, 11) is 0.772. The molecule has 1 amide bonds. The lowest BCUT2D eigenvalue weighted by Crippen LogP contribution is -2.35. The normalized spacial score (nSPS) is 13.6. The molecule has 0 fully saturated rings. The molecule has 0 radical (unpaired) electrons. The number of hydrogen-bond donors (Lipinski definition) is 2. The van der Waals surface area contributed by atoms with Crippen molar-refractivity contribution < 1.29 is 13.7 Å². The SMILES string of the molecule is COc1ccccc1NC(=O)CNC(C)CCS(C)=O. The highest BCUT2D eigenvalue weighted by molar-refractivity contribution is 7.84. The van der Waals surface area contributed by atoms with Crippen LogP contribution < -0.4 is 15.4 Å². The molecule has 2 atom stereocenters. The maximum absolute atomic E-state index is 11.8. The fourth-order valence-electron chi connectivity index (χ4n) is 1.65. The largest absolute Gasteiger partial charge is 0.495 e. The van der Waals surface area contributed by atoms with Crippen LogP contribution in [0.15, 0.2) is 24.3 Å². The summed E-state index contributed by atoms with van der Waals surface area (Å²) >= 11 is 0. The van der Waals surface area contributed by atoms with Crippen LogP contribution in [0.3, 0.4) is 0 Å². The van der Waals surface area contributed by atoms with Crippen molar-refractivity contribution in [1.82, 2.24) is 5.32 Å². The summed E-state index contributed by atoms with van der Waals surface area (Å²) in [6.07, 6.45) is 2.46. The summed E-state index contributed by atoms with van der Waals surface area (Å²) in [5.74, 6) is 1.15. The number of para-hydroxylation sites is 2. The molecule has 5 nitrogen and oxygen atoms in total. The zero-order valence-electron chi connectivity index (χ0n) is 12.1. The lowest BCUT2D eigenvalue weighted by molar-refractivity contribution is -0.115. The van der Waals surface area contributed by atoms with Crippen molar-refractivity contribution in [2.24, 2.45) is 0 Å². The van der Waals surface area contributed by atoms with E-state index in [1.807, 2.05) is 19.1 Å². The molecule has 0 aliphatic carbocycles. The number of carbonyl (C=O) groups excluding carboxylic acids is 1. The van der Waals surface area contributed by atoms with Gasteiger partial charge in [0, 0.05) is 28.9 Å². The molecule has 0 aliphatic rings. The zero-order chi connectivity index (χ0) is 15.0. The van der Waals surface area contributed by atoms with Crippen LogP contribution in [0.2, 0.25) is 0 Å². The van der Waals surface area contributed by atoms with Gasteiger partial charge in [-0.15, -0.1) is 0 Å². The standard InChI is InChI=1S/C14H22N2O3S/c1-11(8-9-20(3)18)15-10-14(17)16-12-6-4-5-7-13(12)19-2/h4-7,11,15H,8-10H2,1-3H3,(H,16,17). The van der Waals surface area contributed by atoms with Crippen LogP contribution in [0.4, 0.5) is 5.69 Å². The van der Waals surface area contributed by atoms with E-state index < -0.39 is 10.8 Å². The lowest BCUT2D eigenvalue weighted by Gasteiger charge is -2.14. The molecule has 112 valence electrons. The van der Waals surface area contributed by atoms with Crippen LogP contribution in [0, 0.1) is 0 Å². The molecule has 6 heteroatoms. The van der Waals surface area contributed by atoms with Crippen molar-refractivity contribution in [3.05, 3.63) is 24.3 Å². The van der Waals surface area contributed by atoms with E-state index in [1.54, 1.807) is 25.5 Å². The molecule has 0 aromatic heterocycles. The van der Waals surface area contributed by atoms with Crippen molar-refractivity contribution in [2.75, 3.05) is 31.0 Å². The smallest absolute Gasteiger partial charge is 0.238 e. The number of rotatable bonds is 8. The molecule has 1 rings (SSSR count). The Hall–Kier alpha value is -1.40. The second-order valence-corrected chi connectivity index (χ2v) is 6.15. The van der Waals surface area contributed by atoms with Crippen LogP contribution in [0.5, 0.6) is 5.75 Å². The van der Waals surface area contributed by atoms with Gasteiger partial charge < -0.3 is 15.4 Å². The zero-order valence-corrected chi connectivity index (χ0v) is 13.0. The molecule has 1 aromatic carbocycles. The Morgan fingerprint density at radius 1 is 1.40 bits per heavy atom. The molecule has 0 spiro atoms. The van der Waals surface area contributed by atoms with Crippen LogP contribution in [0.25, 0.3) is 0 Å². The first-order valence-electron chi connectivity index (χ1n) is 6.49. The van der Waals surface area contributed by atoms with Crippen molar-refractivity contribution in [2.45, 2.75) is 19.4 Å². The van der Waals surface area contributed by atoms with E-state index in [4.69, 9.17) is 4.74 Å². The maximum atomic E-state index is 11.8. The number of hydrogen-bond acceptors (Lipinski definition) is 4. The molecule has 1 aromatic rings. The van der Waals surface area contributed by atoms with Crippen molar-refractivity contribution in [3.8, 4) is 5.75 Å². The van der Waals surface area contributed by atoms with Gasteiger partial charge in [-0.05, 0) is 25.5 Å². The first-order valence-corrected chi connectivity index (χ1v) is 8.22. The number of ether oxygens (including phenoxy) is 1. The lowest BCUT2D eigenvalue weighted by atomic mass is 10.2. The predicted molar refractivity (Wildman–Crippen MR) is 82.6 cm³/mol.